The van der Waals surface area contributed by atoms with E-state index in [0.717, 1.165) is 37.4 Å². The van der Waals surface area contributed by atoms with E-state index in [1.54, 1.807) is 0 Å². The summed E-state index contributed by atoms with van der Waals surface area (Å²) >= 11 is 0. The van der Waals surface area contributed by atoms with Gasteiger partial charge in [-0.3, -0.25) is 0 Å². The van der Waals surface area contributed by atoms with E-state index in [4.69, 9.17) is 19.9 Å². The molecule has 0 aliphatic carbocycles. The van der Waals surface area contributed by atoms with E-state index in [-0.39, 0.29) is 19.3 Å². The number of ether oxygens (including phenoxy) is 3. The molecule has 5 heteroatoms. The molecule has 1 aromatic rings. The van der Waals surface area contributed by atoms with Crippen LogP contribution in [0.2, 0.25) is 0 Å². The highest BCUT2D eigenvalue weighted by Gasteiger charge is 2.16. The van der Waals surface area contributed by atoms with Crippen LogP contribution < -0.4 is 10.5 Å². The van der Waals surface area contributed by atoms with Gasteiger partial charge in [-0.2, -0.15) is 0 Å². The molecule has 0 radical (unpaired) electrons. The van der Waals surface area contributed by atoms with E-state index >= 15 is 0 Å². The number of benzene rings is 1. The summed E-state index contributed by atoms with van der Waals surface area (Å²) in [5.74, 6) is 0.722. The maximum atomic E-state index is 9.89. The van der Waals surface area contributed by atoms with Gasteiger partial charge in [-0.15, -0.1) is 0 Å². The zero-order valence-corrected chi connectivity index (χ0v) is 11.7. The third kappa shape index (κ3) is 4.76. The molecule has 1 atom stereocenters. The maximum Gasteiger partial charge on any atom is 0.123 e. The molecule has 20 heavy (non-hydrogen) atoms. The fourth-order valence-corrected chi connectivity index (χ4v) is 2.14. The Hall–Kier alpha value is -1.14. The van der Waals surface area contributed by atoms with Crippen molar-refractivity contribution in [2.75, 3.05) is 26.4 Å². The first-order valence-electron chi connectivity index (χ1n) is 7.07. The summed E-state index contributed by atoms with van der Waals surface area (Å²) < 4.78 is 16.5. The zero-order valence-electron chi connectivity index (χ0n) is 11.7. The fourth-order valence-electron chi connectivity index (χ4n) is 2.14. The molecule has 3 N–H and O–H groups in total. The van der Waals surface area contributed by atoms with E-state index in [9.17, 15) is 5.11 Å². The van der Waals surface area contributed by atoms with Gasteiger partial charge in [-0.1, -0.05) is 18.2 Å². The molecule has 1 heterocycles. The molecule has 1 aliphatic heterocycles. The highest BCUT2D eigenvalue weighted by Crippen LogP contribution is 2.17. The third-order valence-electron chi connectivity index (χ3n) is 3.32. The van der Waals surface area contributed by atoms with Gasteiger partial charge in [0.2, 0.25) is 0 Å². The Morgan fingerprint density at radius 1 is 1.25 bits per heavy atom. The van der Waals surface area contributed by atoms with Gasteiger partial charge >= 0.3 is 0 Å². The molecule has 5 nitrogen and oxygen atoms in total. The Kier molecular flexibility index (Phi) is 6.26. The predicted molar refractivity (Wildman–Crippen MR) is 75.6 cm³/mol. The lowest BCUT2D eigenvalue weighted by Crippen LogP contribution is -2.30. The molecular formula is C15H23NO4. The first-order chi connectivity index (χ1) is 9.79. The Balaban J connectivity index is 1.70. The van der Waals surface area contributed by atoms with Gasteiger partial charge in [0.15, 0.2) is 0 Å². The lowest BCUT2D eigenvalue weighted by atomic mass is 10.1. The second-order valence-corrected chi connectivity index (χ2v) is 4.92. The average molecular weight is 281 g/mol. The van der Waals surface area contributed by atoms with E-state index < -0.39 is 6.10 Å². The van der Waals surface area contributed by atoms with Crippen molar-refractivity contribution in [1.29, 1.82) is 0 Å². The molecule has 2 rings (SSSR count). The van der Waals surface area contributed by atoms with Crippen LogP contribution in [0.1, 0.15) is 18.4 Å². The first-order valence-corrected chi connectivity index (χ1v) is 7.07. The summed E-state index contributed by atoms with van der Waals surface area (Å²) in [6.45, 7) is 2.39. The Bertz CT molecular complexity index is 393. The van der Waals surface area contributed by atoms with Crippen molar-refractivity contribution in [2.24, 2.45) is 5.73 Å². The van der Waals surface area contributed by atoms with Gasteiger partial charge in [0.25, 0.3) is 0 Å². The van der Waals surface area contributed by atoms with Crippen LogP contribution in [0.4, 0.5) is 0 Å². The van der Waals surface area contributed by atoms with Crippen LogP contribution in [0.25, 0.3) is 0 Å². The fraction of sp³-hybridized carbons (Fsp3) is 0.600. The molecule has 1 fully saturated rings. The van der Waals surface area contributed by atoms with Crippen molar-refractivity contribution >= 4 is 0 Å². The van der Waals surface area contributed by atoms with Crippen molar-refractivity contribution in [2.45, 2.75) is 31.6 Å². The number of rotatable bonds is 7. The van der Waals surface area contributed by atoms with Crippen molar-refractivity contribution in [1.82, 2.24) is 0 Å². The van der Waals surface area contributed by atoms with E-state index in [0.29, 0.717) is 6.54 Å². The smallest absolute Gasteiger partial charge is 0.123 e. The van der Waals surface area contributed by atoms with E-state index in [2.05, 4.69) is 0 Å². The highest BCUT2D eigenvalue weighted by atomic mass is 16.5. The Morgan fingerprint density at radius 2 is 2.00 bits per heavy atom. The minimum Gasteiger partial charge on any atom is -0.490 e. The van der Waals surface area contributed by atoms with Crippen LogP contribution in [-0.4, -0.2) is 43.7 Å². The van der Waals surface area contributed by atoms with Gasteiger partial charge in [0, 0.05) is 25.3 Å². The van der Waals surface area contributed by atoms with Gasteiger partial charge < -0.3 is 25.1 Å². The van der Waals surface area contributed by atoms with Crippen molar-refractivity contribution in [3.8, 4) is 5.75 Å². The molecule has 112 valence electrons. The van der Waals surface area contributed by atoms with Crippen LogP contribution in [0.15, 0.2) is 24.3 Å². The summed E-state index contributed by atoms with van der Waals surface area (Å²) in [7, 11) is 0. The van der Waals surface area contributed by atoms with Crippen LogP contribution >= 0.6 is 0 Å². The largest absolute Gasteiger partial charge is 0.490 e. The second kappa shape index (κ2) is 8.21. The van der Waals surface area contributed by atoms with Gasteiger partial charge in [-0.05, 0) is 18.9 Å². The van der Waals surface area contributed by atoms with Gasteiger partial charge in [0.1, 0.15) is 18.5 Å². The average Bonchev–Trinajstić information content (AvgIpc) is 2.52. The number of para-hydroxylation sites is 1. The number of aliphatic hydroxyl groups excluding tert-OH is 1. The standard InChI is InChI=1S/C15H23NO4/c16-9-12-3-1-2-4-15(12)20-11-13(17)10-19-14-5-7-18-8-6-14/h1-4,13-14,17H,5-11,16H2. The van der Waals surface area contributed by atoms with Crippen LogP contribution in [0.5, 0.6) is 5.75 Å². The first kappa shape index (κ1) is 15.3. The van der Waals surface area contributed by atoms with Crippen LogP contribution in [-0.2, 0) is 16.0 Å². The highest BCUT2D eigenvalue weighted by molar-refractivity contribution is 5.32. The SMILES string of the molecule is NCc1ccccc1OCC(O)COC1CCOCC1. The number of hydrogen-bond donors (Lipinski definition) is 2. The number of aliphatic hydroxyl groups is 1. The molecule has 1 aromatic carbocycles. The summed E-state index contributed by atoms with van der Waals surface area (Å²) in [5, 5.41) is 9.89. The molecule has 1 unspecified atom stereocenters. The lowest BCUT2D eigenvalue weighted by Gasteiger charge is -2.23. The van der Waals surface area contributed by atoms with Crippen molar-refractivity contribution in [3.05, 3.63) is 29.8 Å². The number of hydrogen-bond acceptors (Lipinski definition) is 5. The predicted octanol–water partition coefficient (Wildman–Crippen LogP) is 1.08. The topological polar surface area (TPSA) is 73.9 Å². The Labute approximate surface area is 119 Å². The van der Waals surface area contributed by atoms with Gasteiger partial charge in [-0.25, -0.2) is 0 Å². The lowest BCUT2D eigenvalue weighted by molar-refractivity contribution is -0.0659. The summed E-state index contributed by atoms with van der Waals surface area (Å²) in [5.41, 5.74) is 6.57. The molecular weight excluding hydrogens is 258 g/mol. The summed E-state index contributed by atoms with van der Waals surface area (Å²) in [6, 6.07) is 7.58. The third-order valence-corrected chi connectivity index (χ3v) is 3.32. The van der Waals surface area contributed by atoms with Crippen LogP contribution in [0.3, 0.4) is 0 Å². The minimum absolute atomic E-state index is 0.190. The van der Waals surface area contributed by atoms with Crippen molar-refractivity contribution < 1.29 is 19.3 Å². The van der Waals surface area contributed by atoms with E-state index in [1.165, 1.54) is 0 Å². The molecule has 0 spiro atoms. The monoisotopic (exact) mass is 281 g/mol. The summed E-state index contributed by atoms with van der Waals surface area (Å²) in [4.78, 5) is 0. The van der Waals surface area contributed by atoms with Crippen LogP contribution in [0, 0.1) is 0 Å². The zero-order chi connectivity index (χ0) is 14.2. The molecule has 0 aromatic heterocycles. The molecule has 0 amide bonds. The Morgan fingerprint density at radius 3 is 2.75 bits per heavy atom. The van der Waals surface area contributed by atoms with Crippen molar-refractivity contribution in [3.63, 3.8) is 0 Å². The second-order valence-electron chi connectivity index (χ2n) is 4.92. The maximum absolute atomic E-state index is 9.89. The molecule has 1 saturated heterocycles. The quantitative estimate of drug-likeness (QED) is 0.782. The molecule has 1 aliphatic rings. The molecule has 0 bridgehead atoms. The normalized spacial score (nSPS) is 17.9. The van der Waals surface area contributed by atoms with Gasteiger partial charge in [0.05, 0.1) is 12.7 Å². The number of nitrogens with two attached hydrogens (primary N) is 1. The summed E-state index contributed by atoms with van der Waals surface area (Å²) in [6.07, 6.45) is 1.34. The molecule has 0 saturated carbocycles. The minimum atomic E-state index is -0.635. The van der Waals surface area contributed by atoms with E-state index in [1.807, 2.05) is 24.3 Å².